The number of nitrogens with one attached hydrogen (secondary N) is 1. The van der Waals surface area contributed by atoms with E-state index in [1.54, 1.807) is 6.92 Å². The molecule has 132 valence electrons. The van der Waals surface area contributed by atoms with Crippen LogP contribution in [0.15, 0.2) is 0 Å². The predicted molar refractivity (Wildman–Crippen MR) is 89.0 cm³/mol. The molecule has 0 saturated carbocycles. The van der Waals surface area contributed by atoms with E-state index in [-0.39, 0.29) is 31.8 Å². The van der Waals surface area contributed by atoms with E-state index in [1.165, 1.54) is 11.3 Å². The van der Waals surface area contributed by atoms with Crippen LogP contribution >= 0.6 is 11.3 Å². The number of esters is 1. The Kier molecular flexibility index (Phi) is 6.78. The Morgan fingerprint density at radius 3 is 2.62 bits per heavy atom. The summed E-state index contributed by atoms with van der Waals surface area (Å²) in [5.41, 5.74) is 1.48. The van der Waals surface area contributed by atoms with Crippen LogP contribution in [0.3, 0.4) is 0 Å². The van der Waals surface area contributed by atoms with Crippen molar-refractivity contribution < 1.29 is 24.2 Å². The first-order chi connectivity index (χ1) is 11.5. The highest BCUT2D eigenvalue weighted by Crippen LogP contribution is 2.38. The number of carboxylic acids is 1. The van der Waals surface area contributed by atoms with Gasteiger partial charge < -0.3 is 20.0 Å². The molecule has 0 spiro atoms. The molecule has 7 heteroatoms. The summed E-state index contributed by atoms with van der Waals surface area (Å²) < 4.78 is 5.16. The van der Waals surface area contributed by atoms with E-state index in [9.17, 15) is 19.5 Å². The van der Waals surface area contributed by atoms with Crippen molar-refractivity contribution in [1.82, 2.24) is 0 Å². The lowest BCUT2D eigenvalue weighted by Crippen LogP contribution is -2.22. The average molecular weight is 352 g/mol. The van der Waals surface area contributed by atoms with Gasteiger partial charge in [0.1, 0.15) is 5.00 Å². The van der Waals surface area contributed by atoms with Crippen LogP contribution in [0.5, 0.6) is 0 Å². The van der Waals surface area contributed by atoms with E-state index >= 15 is 0 Å². The molecule has 0 atom stereocenters. The SMILES string of the molecule is CCOC(=O)c1c(NC(=O)CCCC(=O)[O-])sc2c1CCCCC2. The van der Waals surface area contributed by atoms with Gasteiger partial charge in [0.15, 0.2) is 0 Å². The number of thiophene rings is 1. The Morgan fingerprint density at radius 2 is 1.92 bits per heavy atom. The topological polar surface area (TPSA) is 95.5 Å². The second-order valence-corrected chi connectivity index (χ2v) is 6.87. The van der Waals surface area contributed by atoms with E-state index in [0.29, 0.717) is 10.6 Å². The highest BCUT2D eigenvalue weighted by molar-refractivity contribution is 7.17. The number of carbonyl (C=O) groups excluding carboxylic acids is 3. The number of hydrogen-bond acceptors (Lipinski definition) is 6. The summed E-state index contributed by atoms with van der Waals surface area (Å²) in [6.45, 7) is 2.03. The monoisotopic (exact) mass is 352 g/mol. The summed E-state index contributed by atoms with van der Waals surface area (Å²) in [6.07, 6.45) is 5.11. The zero-order valence-corrected chi connectivity index (χ0v) is 14.6. The fourth-order valence-corrected chi connectivity index (χ4v) is 4.13. The second-order valence-electron chi connectivity index (χ2n) is 5.76. The van der Waals surface area contributed by atoms with E-state index in [0.717, 1.165) is 42.5 Å². The summed E-state index contributed by atoms with van der Waals surface area (Å²) in [7, 11) is 0. The van der Waals surface area contributed by atoms with Crippen LogP contribution in [0, 0.1) is 0 Å². The summed E-state index contributed by atoms with van der Waals surface area (Å²) in [6, 6.07) is 0. The molecule has 0 aromatic carbocycles. The van der Waals surface area contributed by atoms with Gasteiger partial charge in [-0.1, -0.05) is 6.42 Å². The Balaban J connectivity index is 2.17. The van der Waals surface area contributed by atoms with Crippen LogP contribution in [-0.4, -0.2) is 24.5 Å². The van der Waals surface area contributed by atoms with E-state index < -0.39 is 11.9 Å². The molecule has 2 rings (SSSR count). The molecule has 0 unspecified atom stereocenters. The molecule has 0 bridgehead atoms. The molecular formula is C17H22NO5S-. The lowest BCUT2D eigenvalue weighted by Gasteiger charge is -2.08. The van der Waals surface area contributed by atoms with Crippen LogP contribution < -0.4 is 10.4 Å². The number of anilines is 1. The number of ether oxygens (including phenoxy) is 1. The Hall–Kier alpha value is -1.89. The van der Waals surface area contributed by atoms with Gasteiger partial charge in [-0.05, 0) is 51.0 Å². The first-order valence-corrected chi connectivity index (χ1v) is 9.16. The zero-order chi connectivity index (χ0) is 17.5. The van der Waals surface area contributed by atoms with Gasteiger partial charge in [-0.3, -0.25) is 4.79 Å². The standard InChI is InChI=1S/C17H23NO5S/c1-2-23-17(22)15-11-7-4-3-5-8-12(11)24-16(15)18-13(19)9-6-10-14(20)21/h2-10H2,1H3,(H,18,19)(H,20,21)/p-1. The van der Waals surface area contributed by atoms with Crippen molar-refractivity contribution >= 4 is 34.2 Å². The van der Waals surface area contributed by atoms with Gasteiger partial charge in [-0.15, -0.1) is 11.3 Å². The van der Waals surface area contributed by atoms with Crippen LogP contribution in [0.4, 0.5) is 5.00 Å². The fraction of sp³-hybridized carbons (Fsp3) is 0.588. The van der Waals surface area contributed by atoms with E-state index in [2.05, 4.69) is 5.32 Å². The molecule has 24 heavy (non-hydrogen) atoms. The number of fused-ring (bicyclic) bond motifs is 1. The molecule has 0 fully saturated rings. The maximum atomic E-state index is 12.3. The third kappa shape index (κ3) is 4.80. The molecule has 1 aromatic rings. The van der Waals surface area contributed by atoms with Gasteiger partial charge in [0, 0.05) is 17.3 Å². The predicted octanol–water partition coefficient (Wildman–Crippen LogP) is 2.05. The number of carboxylic acid groups (broad SMARTS) is 1. The van der Waals surface area contributed by atoms with E-state index in [4.69, 9.17) is 4.74 Å². The fourth-order valence-electron chi connectivity index (χ4n) is 2.83. The number of amides is 1. The second kappa shape index (κ2) is 8.82. The number of carbonyl (C=O) groups is 3. The summed E-state index contributed by atoms with van der Waals surface area (Å²) >= 11 is 1.44. The normalized spacial score (nSPS) is 13.7. The summed E-state index contributed by atoms with van der Waals surface area (Å²) in [5, 5.41) is 13.7. The van der Waals surface area contributed by atoms with E-state index in [1.807, 2.05) is 0 Å². The minimum atomic E-state index is -1.17. The van der Waals surface area contributed by atoms with Crippen molar-refractivity contribution in [3.05, 3.63) is 16.0 Å². The maximum absolute atomic E-state index is 12.3. The van der Waals surface area contributed by atoms with Gasteiger partial charge in [0.25, 0.3) is 0 Å². The molecule has 1 N–H and O–H groups in total. The van der Waals surface area contributed by atoms with Gasteiger partial charge in [0.05, 0.1) is 12.2 Å². The van der Waals surface area contributed by atoms with Crippen molar-refractivity contribution in [2.45, 2.75) is 58.3 Å². The average Bonchev–Trinajstić information content (AvgIpc) is 2.68. The minimum Gasteiger partial charge on any atom is -0.550 e. The number of aliphatic carboxylic acids is 1. The Bertz CT molecular complexity index is 623. The summed E-state index contributed by atoms with van der Waals surface area (Å²) in [4.78, 5) is 35.9. The maximum Gasteiger partial charge on any atom is 0.341 e. The van der Waals surface area contributed by atoms with Gasteiger partial charge in [-0.2, -0.15) is 0 Å². The van der Waals surface area contributed by atoms with Crippen LogP contribution in [0.25, 0.3) is 0 Å². The molecule has 0 aliphatic heterocycles. The molecule has 1 heterocycles. The zero-order valence-electron chi connectivity index (χ0n) is 13.8. The highest BCUT2D eigenvalue weighted by atomic mass is 32.1. The molecule has 1 aliphatic rings. The van der Waals surface area contributed by atoms with Crippen molar-refractivity contribution in [3.63, 3.8) is 0 Å². The molecule has 1 aliphatic carbocycles. The Labute approximate surface area is 145 Å². The lowest BCUT2D eigenvalue weighted by atomic mass is 10.1. The molecule has 0 saturated heterocycles. The van der Waals surface area contributed by atoms with Gasteiger partial charge in [-0.25, -0.2) is 4.79 Å². The van der Waals surface area contributed by atoms with Crippen LogP contribution in [0.2, 0.25) is 0 Å². The molecule has 1 amide bonds. The largest absolute Gasteiger partial charge is 0.550 e. The van der Waals surface area contributed by atoms with Gasteiger partial charge >= 0.3 is 5.97 Å². The van der Waals surface area contributed by atoms with Crippen molar-refractivity contribution in [1.29, 1.82) is 0 Å². The van der Waals surface area contributed by atoms with Crippen molar-refractivity contribution in [2.24, 2.45) is 0 Å². The first kappa shape index (κ1) is 18.4. The third-order valence-corrected chi connectivity index (χ3v) is 5.15. The summed E-state index contributed by atoms with van der Waals surface area (Å²) in [5.74, 6) is -1.86. The molecular weight excluding hydrogens is 330 g/mol. The molecule has 0 radical (unpaired) electrons. The van der Waals surface area contributed by atoms with Gasteiger partial charge in [0.2, 0.25) is 5.91 Å². The highest BCUT2D eigenvalue weighted by Gasteiger charge is 2.26. The number of hydrogen-bond donors (Lipinski definition) is 1. The lowest BCUT2D eigenvalue weighted by molar-refractivity contribution is -0.305. The minimum absolute atomic E-state index is 0.0822. The Morgan fingerprint density at radius 1 is 1.17 bits per heavy atom. The number of aryl methyl sites for hydroxylation is 1. The molecule has 6 nitrogen and oxygen atoms in total. The van der Waals surface area contributed by atoms with Crippen LogP contribution in [0.1, 0.15) is 66.2 Å². The smallest absolute Gasteiger partial charge is 0.341 e. The van der Waals surface area contributed by atoms with Crippen LogP contribution in [-0.2, 0) is 27.2 Å². The van der Waals surface area contributed by atoms with Crippen molar-refractivity contribution in [2.75, 3.05) is 11.9 Å². The molecule has 1 aromatic heterocycles. The first-order valence-electron chi connectivity index (χ1n) is 8.34. The third-order valence-electron chi connectivity index (χ3n) is 3.94. The van der Waals surface area contributed by atoms with Crippen molar-refractivity contribution in [3.8, 4) is 0 Å². The quantitative estimate of drug-likeness (QED) is 0.598. The number of rotatable bonds is 7.